The Hall–Kier alpha value is -2.86. The molecule has 2 aliphatic rings. The molecule has 1 fully saturated rings. The first-order valence-electron chi connectivity index (χ1n) is 10.9. The summed E-state index contributed by atoms with van der Waals surface area (Å²) in [6, 6.07) is 15.7. The summed E-state index contributed by atoms with van der Waals surface area (Å²) < 4.78 is 0. The normalized spacial score (nSPS) is 16.7. The quantitative estimate of drug-likeness (QED) is 0.683. The van der Waals surface area contributed by atoms with Gasteiger partial charge in [0.05, 0.1) is 0 Å². The first-order chi connectivity index (χ1) is 14.7. The van der Waals surface area contributed by atoms with Gasteiger partial charge in [-0.2, -0.15) is 0 Å². The van der Waals surface area contributed by atoms with Gasteiger partial charge in [-0.1, -0.05) is 24.3 Å². The van der Waals surface area contributed by atoms with Crippen LogP contribution in [0.1, 0.15) is 36.8 Å². The number of urea groups is 1. The van der Waals surface area contributed by atoms with Crippen molar-refractivity contribution in [2.75, 3.05) is 30.3 Å². The molecule has 0 unspecified atom stereocenters. The maximum absolute atomic E-state index is 12.3. The number of rotatable bonds is 6. The Morgan fingerprint density at radius 2 is 1.67 bits per heavy atom. The third-order valence-electron chi connectivity index (χ3n) is 5.99. The monoisotopic (exact) mass is 406 g/mol. The number of aryl methyl sites for hydroxylation is 2. The van der Waals surface area contributed by atoms with Gasteiger partial charge in [0.2, 0.25) is 5.91 Å². The van der Waals surface area contributed by atoms with Crippen LogP contribution >= 0.6 is 0 Å². The number of carbonyl (C=O) groups excluding carboxylic acids is 2. The van der Waals surface area contributed by atoms with Gasteiger partial charge < -0.3 is 20.9 Å². The number of hydrogen-bond acceptors (Lipinski definition) is 3. The molecule has 0 aromatic heterocycles. The Morgan fingerprint density at radius 1 is 0.900 bits per heavy atom. The molecule has 6 heteroatoms. The van der Waals surface area contributed by atoms with Gasteiger partial charge >= 0.3 is 6.03 Å². The number of benzene rings is 2. The molecule has 0 radical (unpaired) electrons. The highest BCUT2D eigenvalue weighted by Gasteiger charge is 2.21. The summed E-state index contributed by atoms with van der Waals surface area (Å²) in [4.78, 5) is 26.8. The second-order valence-electron chi connectivity index (χ2n) is 8.22. The second-order valence-corrected chi connectivity index (χ2v) is 8.22. The van der Waals surface area contributed by atoms with E-state index in [4.69, 9.17) is 0 Å². The first kappa shape index (κ1) is 20.4. The molecule has 3 N–H and O–H groups in total. The highest BCUT2D eigenvalue weighted by Crippen LogP contribution is 2.25. The third-order valence-corrected chi connectivity index (χ3v) is 5.99. The van der Waals surface area contributed by atoms with Crippen LogP contribution in [0.25, 0.3) is 0 Å². The Balaban J connectivity index is 1.14. The van der Waals surface area contributed by atoms with E-state index in [0.717, 1.165) is 56.7 Å². The van der Waals surface area contributed by atoms with E-state index >= 15 is 0 Å². The molecule has 6 nitrogen and oxygen atoms in total. The number of carbonyl (C=O) groups is 2. The summed E-state index contributed by atoms with van der Waals surface area (Å²) in [7, 11) is 0. The van der Waals surface area contributed by atoms with Gasteiger partial charge in [-0.05, 0) is 67.5 Å². The molecule has 1 saturated heterocycles. The van der Waals surface area contributed by atoms with Crippen molar-refractivity contribution in [3.8, 4) is 0 Å². The number of likely N-dealkylation sites (tertiary alicyclic amines) is 1. The van der Waals surface area contributed by atoms with Crippen LogP contribution in [-0.4, -0.2) is 42.5 Å². The van der Waals surface area contributed by atoms with E-state index < -0.39 is 0 Å². The molecule has 158 valence electrons. The van der Waals surface area contributed by atoms with E-state index in [1.807, 2.05) is 36.4 Å². The first-order valence-corrected chi connectivity index (χ1v) is 10.9. The molecule has 3 amide bonds. The van der Waals surface area contributed by atoms with Gasteiger partial charge in [-0.3, -0.25) is 4.79 Å². The minimum absolute atomic E-state index is 0.0652. The third kappa shape index (κ3) is 5.60. The average molecular weight is 407 g/mol. The van der Waals surface area contributed by atoms with Crippen LogP contribution < -0.4 is 16.0 Å². The van der Waals surface area contributed by atoms with E-state index in [1.54, 1.807) is 0 Å². The number of nitrogens with zero attached hydrogens (tertiary/aromatic N) is 1. The van der Waals surface area contributed by atoms with Crippen LogP contribution in [0.5, 0.6) is 0 Å². The molecule has 1 aliphatic carbocycles. The molecule has 2 aromatic carbocycles. The minimum atomic E-state index is -0.159. The molecule has 0 spiro atoms. The largest absolute Gasteiger partial charge is 0.335 e. The second kappa shape index (κ2) is 9.76. The van der Waals surface area contributed by atoms with Crippen LogP contribution in [0.4, 0.5) is 16.2 Å². The standard InChI is InChI=1S/C24H30N4O2/c29-23(25-22-10-9-18-5-4-6-19(18)17-22)13-16-28-14-11-21(12-15-28)27-24(30)26-20-7-2-1-3-8-20/h1-3,7-10,17,21H,4-6,11-16H2,(H,25,29)(H2,26,27,30). The number of hydrogen-bond donors (Lipinski definition) is 3. The molecule has 30 heavy (non-hydrogen) atoms. The van der Waals surface area contributed by atoms with Crippen LogP contribution in [0.15, 0.2) is 48.5 Å². The number of nitrogens with one attached hydrogen (secondary N) is 3. The molecule has 1 aliphatic heterocycles. The van der Waals surface area contributed by atoms with Crippen molar-refractivity contribution >= 4 is 23.3 Å². The summed E-state index contributed by atoms with van der Waals surface area (Å²) in [5.74, 6) is 0.0652. The summed E-state index contributed by atoms with van der Waals surface area (Å²) in [5.41, 5.74) is 4.50. The summed E-state index contributed by atoms with van der Waals surface area (Å²) in [6.45, 7) is 2.53. The van der Waals surface area contributed by atoms with Crippen molar-refractivity contribution < 1.29 is 9.59 Å². The topological polar surface area (TPSA) is 73.5 Å². The van der Waals surface area contributed by atoms with Crippen LogP contribution in [-0.2, 0) is 17.6 Å². The lowest BCUT2D eigenvalue weighted by atomic mass is 10.0. The summed E-state index contributed by atoms with van der Waals surface area (Å²) in [6.07, 6.45) is 5.77. The van der Waals surface area contributed by atoms with E-state index in [1.165, 1.54) is 17.5 Å². The zero-order valence-electron chi connectivity index (χ0n) is 17.3. The van der Waals surface area contributed by atoms with E-state index in [9.17, 15) is 9.59 Å². The fraction of sp³-hybridized carbons (Fsp3) is 0.417. The van der Waals surface area contributed by atoms with Crippen molar-refractivity contribution in [2.24, 2.45) is 0 Å². The lowest BCUT2D eigenvalue weighted by molar-refractivity contribution is -0.116. The van der Waals surface area contributed by atoms with Crippen molar-refractivity contribution in [1.29, 1.82) is 0 Å². The SMILES string of the molecule is O=C(CCN1CCC(NC(=O)Nc2ccccc2)CC1)Nc1ccc2c(c1)CCC2. The van der Waals surface area contributed by atoms with Gasteiger partial charge in [0.15, 0.2) is 0 Å². The lowest BCUT2D eigenvalue weighted by Crippen LogP contribution is -2.46. The van der Waals surface area contributed by atoms with Gasteiger partial charge in [-0.15, -0.1) is 0 Å². The Kier molecular flexibility index (Phi) is 6.64. The molecule has 2 aromatic rings. The number of para-hydroxylation sites is 1. The molecule has 1 heterocycles. The van der Waals surface area contributed by atoms with E-state index in [-0.39, 0.29) is 18.0 Å². The van der Waals surface area contributed by atoms with Gasteiger partial charge in [0, 0.05) is 43.5 Å². The highest BCUT2D eigenvalue weighted by atomic mass is 16.2. The number of piperidine rings is 1. The zero-order valence-corrected chi connectivity index (χ0v) is 17.3. The Bertz CT molecular complexity index is 876. The fourth-order valence-corrected chi connectivity index (χ4v) is 4.31. The fourth-order valence-electron chi connectivity index (χ4n) is 4.31. The van der Waals surface area contributed by atoms with Crippen LogP contribution in [0.3, 0.4) is 0 Å². The lowest BCUT2D eigenvalue weighted by Gasteiger charge is -2.32. The highest BCUT2D eigenvalue weighted by molar-refractivity contribution is 5.91. The predicted octanol–water partition coefficient (Wildman–Crippen LogP) is 3.79. The zero-order chi connectivity index (χ0) is 20.8. The summed E-state index contributed by atoms with van der Waals surface area (Å²) >= 11 is 0. The Labute approximate surface area is 178 Å². The Morgan fingerprint density at radius 3 is 2.47 bits per heavy atom. The van der Waals surface area contributed by atoms with Crippen molar-refractivity contribution in [2.45, 2.75) is 44.6 Å². The molecule has 0 saturated carbocycles. The van der Waals surface area contributed by atoms with Crippen LogP contribution in [0.2, 0.25) is 0 Å². The predicted molar refractivity (Wildman–Crippen MR) is 120 cm³/mol. The van der Waals surface area contributed by atoms with Gasteiger partial charge in [-0.25, -0.2) is 4.79 Å². The molecular formula is C24H30N4O2. The molecule has 0 atom stereocenters. The average Bonchev–Trinajstić information content (AvgIpc) is 3.22. The minimum Gasteiger partial charge on any atom is -0.335 e. The van der Waals surface area contributed by atoms with E-state index in [2.05, 4.69) is 33.0 Å². The number of amides is 3. The maximum atomic E-state index is 12.3. The number of anilines is 2. The van der Waals surface area contributed by atoms with Crippen molar-refractivity contribution in [3.05, 3.63) is 59.7 Å². The van der Waals surface area contributed by atoms with Gasteiger partial charge in [0.1, 0.15) is 0 Å². The molecular weight excluding hydrogens is 376 g/mol. The van der Waals surface area contributed by atoms with E-state index in [0.29, 0.717) is 6.42 Å². The van der Waals surface area contributed by atoms with Gasteiger partial charge in [0.25, 0.3) is 0 Å². The summed E-state index contributed by atoms with van der Waals surface area (Å²) in [5, 5.41) is 8.95. The smallest absolute Gasteiger partial charge is 0.319 e. The van der Waals surface area contributed by atoms with Crippen molar-refractivity contribution in [3.63, 3.8) is 0 Å². The van der Waals surface area contributed by atoms with Crippen LogP contribution in [0, 0.1) is 0 Å². The molecule has 4 rings (SSSR count). The maximum Gasteiger partial charge on any atom is 0.319 e. The van der Waals surface area contributed by atoms with Crippen molar-refractivity contribution in [1.82, 2.24) is 10.2 Å². The molecule has 0 bridgehead atoms. The number of fused-ring (bicyclic) bond motifs is 1.